The van der Waals surface area contributed by atoms with E-state index in [1.165, 1.54) is 5.57 Å². The van der Waals surface area contributed by atoms with Crippen LogP contribution in [-0.4, -0.2) is 27.9 Å². The van der Waals surface area contributed by atoms with Crippen LogP contribution in [0.3, 0.4) is 0 Å². The van der Waals surface area contributed by atoms with Crippen molar-refractivity contribution in [1.82, 2.24) is 0 Å². The highest BCUT2D eigenvalue weighted by atomic mass is 16.5. The molecule has 0 radical (unpaired) electrons. The van der Waals surface area contributed by atoms with Gasteiger partial charge in [0.1, 0.15) is 29.6 Å². The molecule has 0 N–H and O–H groups in total. The summed E-state index contributed by atoms with van der Waals surface area (Å²) in [5.74, 6) is 3.19. The van der Waals surface area contributed by atoms with Gasteiger partial charge in [-0.1, -0.05) is 0 Å². The molecule has 2 aromatic carbocycles. The molecule has 0 amide bonds. The quantitative estimate of drug-likeness (QED) is 0.854. The van der Waals surface area contributed by atoms with Crippen molar-refractivity contribution in [2.45, 2.75) is 6.92 Å². The second-order valence-electron chi connectivity index (χ2n) is 5.32. The van der Waals surface area contributed by atoms with Gasteiger partial charge >= 0.3 is 0 Å². The Kier molecular flexibility index (Phi) is 4.15. The van der Waals surface area contributed by atoms with Gasteiger partial charge in [0.25, 0.3) is 0 Å². The molecule has 0 fully saturated rings. The Morgan fingerprint density at radius 2 is 1.48 bits per heavy atom. The maximum Gasteiger partial charge on any atom is 0.131 e. The zero-order valence-electron chi connectivity index (χ0n) is 13.8. The minimum atomic E-state index is 0.495. The Morgan fingerprint density at radius 3 is 2.13 bits per heavy atom. The van der Waals surface area contributed by atoms with Crippen molar-refractivity contribution in [3.8, 4) is 23.0 Å². The van der Waals surface area contributed by atoms with Gasteiger partial charge in [-0.05, 0) is 36.8 Å². The molecule has 1 heterocycles. The molecule has 0 aliphatic carbocycles. The van der Waals surface area contributed by atoms with E-state index in [4.69, 9.17) is 18.9 Å². The van der Waals surface area contributed by atoms with Gasteiger partial charge in [-0.15, -0.1) is 0 Å². The number of methoxy groups -OCH3 is 3. The van der Waals surface area contributed by atoms with Crippen LogP contribution in [0.2, 0.25) is 0 Å². The molecule has 0 saturated carbocycles. The molecular formula is C19H20O4. The van der Waals surface area contributed by atoms with E-state index in [1.54, 1.807) is 21.3 Å². The highest BCUT2D eigenvalue weighted by molar-refractivity contribution is 5.95. The van der Waals surface area contributed by atoms with Crippen LogP contribution in [0, 0.1) is 0 Å². The molecule has 23 heavy (non-hydrogen) atoms. The standard InChI is InChI=1S/C19H20O4/c1-12-15-7-5-14(21-3)10-19(15)23-11-17(12)16-8-6-13(20-2)9-18(16)22-4/h5-10H,11H2,1-4H3. The van der Waals surface area contributed by atoms with Gasteiger partial charge in [0.15, 0.2) is 0 Å². The lowest BCUT2D eigenvalue weighted by Gasteiger charge is -2.24. The number of hydrogen-bond acceptors (Lipinski definition) is 4. The van der Waals surface area contributed by atoms with E-state index in [0.717, 1.165) is 39.7 Å². The van der Waals surface area contributed by atoms with Crippen molar-refractivity contribution in [2.75, 3.05) is 27.9 Å². The Morgan fingerprint density at radius 1 is 0.826 bits per heavy atom. The molecule has 0 bridgehead atoms. The van der Waals surface area contributed by atoms with E-state index >= 15 is 0 Å². The average molecular weight is 312 g/mol. The predicted octanol–water partition coefficient (Wildman–Crippen LogP) is 4.04. The molecule has 2 aromatic rings. The molecular weight excluding hydrogens is 292 g/mol. The fourth-order valence-electron chi connectivity index (χ4n) is 2.81. The van der Waals surface area contributed by atoms with E-state index in [-0.39, 0.29) is 0 Å². The normalized spacial score (nSPS) is 13.2. The van der Waals surface area contributed by atoms with E-state index in [9.17, 15) is 0 Å². The zero-order valence-corrected chi connectivity index (χ0v) is 13.8. The highest BCUT2D eigenvalue weighted by Gasteiger charge is 2.21. The van der Waals surface area contributed by atoms with E-state index in [2.05, 4.69) is 6.92 Å². The summed E-state index contributed by atoms with van der Waals surface area (Å²) >= 11 is 0. The zero-order chi connectivity index (χ0) is 16.4. The first kappa shape index (κ1) is 15.3. The van der Waals surface area contributed by atoms with Gasteiger partial charge in [-0.2, -0.15) is 0 Å². The molecule has 1 aliphatic rings. The van der Waals surface area contributed by atoms with E-state index in [0.29, 0.717) is 6.61 Å². The van der Waals surface area contributed by atoms with Crippen molar-refractivity contribution in [3.63, 3.8) is 0 Å². The Hall–Kier alpha value is -2.62. The van der Waals surface area contributed by atoms with E-state index < -0.39 is 0 Å². The van der Waals surface area contributed by atoms with Crippen LogP contribution in [0.15, 0.2) is 36.4 Å². The first-order valence-electron chi connectivity index (χ1n) is 7.41. The van der Waals surface area contributed by atoms with Gasteiger partial charge in [-0.3, -0.25) is 0 Å². The topological polar surface area (TPSA) is 36.9 Å². The number of fused-ring (bicyclic) bond motifs is 1. The highest BCUT2D eigenvalue weighted by Crippen LogP contribution is 2.41. The molecule has 1 aliphatic heterocycles. The van der Waals surface area contributed by atoms with Crippen LogP contribution in [0.5, 0.6) is 23.0 Å². The molecule has 4 nitrogen and oxygen atoms in total. The van der Waals surface area contributed by atoms with Gasteiger partial charge in [0.2, 0.25) is 0 Å². The fraction of sp³-hybridized carbons (Fsp3) is 0.263. The summed E-state index contributed by atoms with van der Waals surface area (Å²) in [6, 6.07) is 11.7. The summed E-state index contributed by atoms with van der Waals surface area (Å²) in [4.78, 5) is 0. The van der Waals surface area contributed by atoms with Crippen LogP contribution >= 0.6 is 0 Å². The van der Waals surface area contributed by atoms with Crippen LogP contribution < -0.4 is 18.9 Å². The van der Waals surface area contributed by atoms with Crippen molar-refractivity contribution < 1.29 is 18.9 Å². The lowest BCUT2D eigenvalue weighted by molar-refractivity contribution is 0.356. The summed E-state index contributed by atoms with van der Waals surface area (Å²) in [6.45, 7) is 2.60. The lowest BCUT2D eigenvalue weighted by atomic mass is 9.93. The van der Waals surface area contributed by atoms with Crippen molar-refractivity contribution in [2.24, 2.45) is 0 Å². The molecule has 0 saturated heterocycles. The number of rotatable bonds is 4. The first-order valence-corrected chi connectivity index (χ1v) is 7.41. The summed E-state index contributed by atoms with van der Waals surface area (Å²) in [7, 11) is 4.96. The van der Waals surface area contributed by atoms with Crippen LogP contribution in [0.25, 0.3) is 11.1 Å². The van der Waals surface area contributed by atoms with Gasteiger partial charge in [0, 0.05) is 28.8 Å². The molecule has 0 atom stereocenters. The van der Waals surface area contributed by atoms with Gasteiger partial charge in [-0.25, -0.2) is 0 Å². The summed E-state index contributed by atoms with van der Waals surface area (Å²) in [5.41, 5.74) is 4.39. The lowest BCUT2D eigenvalue weighted by Crippen LogP contribution is -2.10. The maximum atomic E-state index is 5.93. The largest absolute Gasteiger partial charge is 0.497 e. The molecule has 120 valence electrons. The van der Waals surface area contributed by atoms with Gasteiger partial charge in [0.05, 0.1) is 21.3 Å². The SMILES string of the molecule is COc1ccc2c(c1)OCC(c1ccc(OC)cc1OC)=C2C. The fourth-order valence-corrected chi connectivity index (χ4v) is 2.81. The predicted molar refractivity (Wildman–Crippen MR) is 90.5 cm³/mol. The summed E-state index contributed by atoms with van der Waals surface area (Å²) < 4.78 is 22.0. The Balaban J connectivity index is 2.09. The third-order valence-electron chi connectivity index (χ3n) is 4.15. The maximum absolute atomic E-state index is 5.93. The van der Waals surface area contributed by atoms with Crippen molar-refractivity contribution in [1.29, 1.82) is 0 Å². The smallest absolute Gasteiger partial charge is 0.131 e. The average Bonchev–Trinajstić information content (AvgIpc) is 2.61. The van der Waals surface area contributed by atoms with Crippen LogP contribution in [-0.2, 0) is 0 Å². The Bertz CT molecular complexity index is 762. The van der Waals surface area contributed by atoms with Gasteiger partial charge < -0.3 is 18.9 Å². The monoisotopic (exact) mass is 312 g/mol. The van der Waals surface area contributed by atoms with E-state index in [1.807, 2.05) is 36.4 Å². The van der Waals surface area contributed by atoms with Crippen molar-refractivity contribution in [3.05, 3.63) is 47.5 Å². The molecule has 4 heteroatoms. The number of benzene rings is 2. The third-order valence-corrected chi connectivity index (χ3v) is 4.15. The van der Waals surface area contributed by atoms with Crippen LogP contribution in [0.4, 0.5) is 0 Å². The summed E-state index contributed by atoms with van der Waals surface area (Å²) in [5, 5.41) is 0. The second-order valence-corrected chi connectivity index (χ2v) is 5.32. The van der Waals surface area contributed by atoms with Crippen molar-refractivity contribution >= 4 is 11.1 Å². The van der Waals surface area contributed by atoms with Crippen LogP contribution in [0.1, 0.15) is 18.1 Å². The molecule has 3 rings (SSSR count). The summed E-state index contributed by atoms with van der Waals surface area (Å²) in [6.07, 6.45) is 0. The molecule has 0 unspecified atom stereocenters. The third kappa shape index (κ3) is 2.72. The number of ether oxygens (including phenoxy) is 4. The minimum absolute atomic E-state index is 0.495. The number of hydrogen-bond donors (Lipinski definition) is 0. The second kappa shape index (κ2) is 6.24. The minimum Gasteiger partial charge on any atom is -0.497 e. The molecule has 0 spiro atoms. The first-order chi connectivity index (χ1) is 11.2. The molecule has 0 aromatic heterocycles. The Labute approximate surface area is 136 Å². The number of allylic oxidation sites excluding steroid dienone is 1.